The molecule has 0 saturated heterocycles. The smallest absolute Gasteiger partial charge is 0.150 e. The summed E-state index contributed by atoms with van der Waals surface area (Å²) in [5.74, 6) is 1.19. The number of hydroxylamine groups is 2. The Balaban J connectivity index is 2.81. The highest BCUT2D eigenvalue weighted by Gasteiger charge is 2.15. The van der Waals surface area contributed by atoms with Crippen LogP contribution in [-0.4, -0.2) is 30.2 Å². The maximum atomic E-state index is 9.34. The van der Waals surface area contributed by atoms with E-state index in [1.807, 2.05) is 0 Å². The van der Waals surface area contributed by atoms with Gasteiger partial charge in [-0.15, -0.1) is 0 Å². The van der Waals surface area contributed by atoms with Gasteiger partial charge in [0.25, 0.3) is 0 Å². The van der Waals surface area contributed by atoms with Gasteiger partial charge in [-0.2, -0.15) is 0 Å². The minimum absolute atomic E-state index is 0.537. The molecule has 1 aliphatic rings. The van der Waals surface area contributed by atoms with E-state index in [4.69, 9.17) is 0 Å². The van der Waals surface area contributed by atoms with Crippen molar-refractivity contribution in [1.82, 2.24) is 5.06 Å². The zero-order valence-corrected chi connectivity index (χ0v) is 9.28. The highest BCUT2D eigenvalue weighted by atomic mass is 16.5. The number of rotatable bonds is 2. The number of amidine groups is 1. The SMILES string of the molecule is CN=C(C1=CC(C(C)C)=CC1)N(C)O. The fourth-order valence-corrected chi connectivity index (χ4v) is 1.60. The van der Waals surface area contributed by atoms with E-state index in [9.17, 15) is 5.21 Å². The Morgan fingerprint density at radius 3 is 2.57 bits per heavy atom. The van der Waals surface area contributed by atoms with E-state index in [1.165, 1.54) is 5.57 Å². The van der Waals surface area contributed by atoms with E-state index in [-0.39, 0.29) is 0 Å². The maximum absolute atomic E-state index is 9.34. The van der Waals surface area contributed by atoms with Crippen molar-refractivity contribution in [3.63, 3.8) is 0 Å². The lowest BCUT2D eigenvalue weighted by Crippen LogP contribution is -2.24. The summed E-state index contributed by atoms with van der Waals surface area (Å²) in [5.41, 5.74) is 2.41. The summed E-state index contributed by atoms with van der Waals surface area (Å²) in [6.07, 6.45) is 5.17. The third-order valence-corrected chi connectivity index (χ3v) is 2.37. The second-order valence-electron chi connectivity index (χ2n) is 3.80. The molecule has 78 valence electrons. The molecule has 0 spiro atoms. The van der Waals surface area contributed by atoms with Crippen LogP contribution in [0.3, 0.4) is 0 Å². The van der Waals surface area contributed by atoms with Crippen molar-refractivity contribution in [3.05, 3.63) is 23.3 Å². The molecule has 14 heavy (non-hydrogen) atoms. The van der Waals surface area contributed by atoms with Crippen molar-refractivity contribution in [2.75, 3.05) is 14.1 Å². The topological polar surface area (TPSA) is 35.8 Å². The molecule has 0 aromatic rings. The average molecular weight is 194 g/mol. The van der Waals surface area contributed by atoms with Crippen molar-refractivity contribution in [2.24, 2.45) is 10.9 Å². The van der Waals surface area contributed by atoms with Crippen LogP contribution < -0.4 is 0 Å². The van der Waals surface area contributed by atoms with E-state index in [0.717, 1.165) is 17.1 Å². The largest absolute Gasteiger partial charge is 0.287 e. The molecule has 1 N–H and O–H groups in total. The molecule has 1 rings (SSSR count). The molecule has 0 aromatic heterocycles. The van der Waals surface area contributed by atoms with Crippen LogP contribution in [0.5, 0.6) is 0 Å². The van der Waals surface area contributed by atoms with Gasteiger partial charge < -0.3 is 0 Å². The van der Waals surface area contributed by atoms with E-state index >= 15 is 0 Å². The van der Waals surface area contributed by atoms with Gasteiger partial charge in [0.05, 0.1) is 0 Å². The Morgan fingerprint density at radius 2 is 2.21 bits per heavy atom. The van der Waals surface area contributed by atoms with Crippen LogP contribution in [0.4, 0.5) is 0 Å². The summed E-state index contributed by atoms with van der Waals surface area (Å²) in [6, 6.07) is 0. The molecule has 0 aromatic carbocycles. The highest BCUT2D eigenvalue weighted by Crippen LogP contribution is 2.24. The lowest BCUT2D eigenvalue weighted by molar-refractivity contribution is 0.0138. The van der Waals surface area contributed by atoms with Crippen LogP contribution in [0, 0.1) is 5.92 Å². The summed E-state index contributed by atoms with van der Waals surface area (Å²) in [5, 5.41) is 10.4. The van der Waals surface area contributed by atoms with E-state index in [1.54, 1.807) is 14.1 Å². The molecule has 3 nitrogen and oxygen atoms in total. The van der Waals surface area contributed by atoms with Gasteiger partial charge in [0.1, 0.15) is 5.84 Å². The lowest BCUT2D eigenvalue weighted by atomic mass is 10.1. The summed E-state index contributed by atoms with van der Waals surface area (Å²) < 4.78 is 0. The van der Waals surface area contributed by atoms with Crippen LogP contribution in [-0.2, 0) is 0 Å². The van der Waals surface area contributed by atoms with Gasteiger partial charge in [-0.3, -0.25) is 10.2 Å². The second-order valence-corrected chi connectivity index (χ2v) is 3.80. The van der Waals surface area contributed by atoms with Gasteiger partial charge in [-0.1, -0.05) is 26.0 Å². The molecular formula is C11H18N2O. The molecular weight excluding hydrogens is 176 g/mol. The molecule has 3 heteroatoms. The predicted molar refractivity (Wildman–Crippen MR) is 58.5 cm³/mol. The molecule has 0 fully saturated rings. The van der Waals surface area contributed by atoms with Crippen molar-refractivity contribution < 1.29 is 5.21 Å². The van der Waals surface area contributed by atoms with Crippen LogP contribution in [0.1, 0.15) is 20.3 Å². The quantitative estimate of drug-likeness (QED) is 0.416. The average Bonchev–Trinajstić information content (AvgIpc) is 2.53. The molecule has 0 bridgehead atoms. The van der Waals surface area contributed by atoms with E-state index in [0.29, 0.717) is 11.8 Å². The number of likely N-dealkylation sites (N-methyl/N-ethyl adjacent to an activating group) is 1. The summed E-state index contributed by atoms with van der Waals surface area (Å²) in [7, 11) is 3.28. The first-order valence-electron chi connectivity index (χ1n) is 4.86. The first-order chi connectivity index (χ1) is 6.56. The molecule has 0 heterocycles. The van der Waals surface area contributed by atoms with Crippen LogP contribution in [0.25, 0.3) is 0 Å². The predicted octanol–water partition coefficient (Wildman–Crippen LogP) is 2.25. The summed E-state index contributed by atoms with van der Waals surface area (Å²) in [4.78, 5) is 4.05. The Hall–Kier alpha value is -1.09. The Kier molecular flexibility index (Phi) is 3.47. The molecule has 0 atom stereocenters. The van der Waals surface area contributed by atoms with Gasteiger partial charge >= 0.3 is 0 Å². The zero-order valence-electron chi connectivity index (χ0n) is 9.28. The Bertz CT molecular complexity index is 298. The minimum atomic E-state index is 0.537. The third kappa shape index (κ3) is 2.23. The molecule has 0 amide bonds. The zero-order chi connectivity index (χ0) is 10.7. The van der Waals surface area contributed by atoms with Gasteiger partial charge in [0.2, 0.25) is 0 Å². The highest BCUT2D eigenvalue weighted by molar-refractivity contribution is 5.98. The minimum Gasteiger partial charge on any atom is -0.287 e. The van der Waals surface area contributed by atoms with Gasteiger partial charge in [-0.05, 0) is 17.9 Å². The van der Waals surface area contributed by atoms with Gasteiger partial charge in [-0.25, -0.2) is 5.06 Å². The van der Waals surface area contributed by atoms with Crippen molar-refractivity contribution in [2.45, 2.75) is 20.3 Å². The summed E-state index contributed by atoms with van der Waals surface area (Å²) in [6.45, 7) is 4.33. The maximum Gasteiger partial charge on any atom is 0.150 e. The summed E-state index contributed by atoms with van der Waals surface area (Å²) >= 11 is 0. The van der Waals surface area contributed by atoms with Crippen molar-refractivity contribution >= 4 is 5.84 Å². The molecule has 1 aliphatic carbocycles. The first-order valence-corrected chi connectivity index (χ1v) is 4.86. The lowest BCUT2D eigenvalue weighted by Gasteiger charge is -2.13. The number of hydrogen-bond acceptors (Lipinski definition) is 2. The number of hydrogen-bond donors (Lipinski definition) is 1. The second kappa shape index (κ2) is 4.42. The molecule has 0 aliphatic heterocycles. The Labute approximate surface area is 85.4 Å². The van der Waals surface area contributed by atoms with Crippen molar-refractivity contribution in [3.8, 4) is 0 Å². The van der Waals surface area contributed by atoms with Crippen LogP contribution in [0.2, 0.25) is 0 Å². The van der Waals surface area contributed by atoms with Crippen LogP contribution in [0.15, 0.2) is 28.3 Å². The van der Waals surface area contributed by atoms with Gasteiger partial charge in [0.15, 0.2) is 0 Å². The number of nitrogens with zero attached hydrogens (tertiary/aromatic N) is 2. The number of allylic oxidation sites excluding steroid dienone is 3. The standard InChI is InChI=1S/C11H18N2O/c1-8(2)9-5-6-10(7-9)11(12-3)13(4)14/h5,7-8,14H,6H2,1-4H3. The molecule has 0 radical (unpaired) electrons. The molecule has 0 unspecified atom stereocenters. The van der Waals surface area contributed by atoms with Crippen molar-refractivity contribution in [1.29, 1.82) is 0 Å². The van der Waals surface area contributed by atoms with E-state index in [2.05, 4.69) is 31.0 Å². The third-order valence-electron chi connectivity index (χ3n) is 2.37. The Morgan fingerprint density at radius 1 is 1.57 bits per heavy atom. The van der Waals surface area contributed by atoms with Crippen LogP contribution >= 0.6 is 0 Å². The normalized spacial score (nSPS) is 17.1. The number of aliphatic imine (C=N–C) groups is 1. The van der Waals surface area contributed by atoms with Gasteiger partial charge in [0, 0.05) is 19.7 Å². The first kappa shape index (κ1) is 11.0. The molecule has 0 saturated carbocycles. The monoisotopic (exact) mass is 194 g/mol. The fourth-order valence-electron chi connectivity index (χ4n) is 1.60. The fraction of sp³-hybridized carbons (Fsp3) is 0.545. The van der Waals surface area contributed by atoms with E-state index < -0.39 is 0 Å².